The summed E-state index contributed by atoms with van der Waals surface area (Å²) in [6.45, 7) is 8.16. The predicted molar refractivity (Wildman–Crippen MR) is 89.0 cm³/mol. The smallest absolute Gasteiger partial charge is 0.118 e. The van der Waals surface area contributed by atoms with Gasteiger partial charge in [0.15, 0.2) is 0 Å². The third-order valence-corrected chi connectivity index (χ3v) is 4.68. The summed E-state index contributed by atoms with van der Waals surface area (Å²) < 4.78 is 5.21. The van der Waals surface area contributed by atoms with Crippen molar-refractivity contribution in [3.8, 4) is 5.75 Å². The molecule has 1 N–H and O–H groups in total. The van der Waals surface area contributed by atoms with Crippen molar-refractivity contribution in [1.82, 2.24) is 10.2 Å². The van der Waals surface area contributed by atoms with Gasteiger partial charge in [0.1, 0.15) is 5.75 Å². The number of piperidine rings is 1. The molecule has 1 aromatic carbocycles. The Kier molecular flexibility index (Phi) is 6.52. The molecule has 118 valence electrons. The van der Waals surface area contributed by atoms with E-state index in [1.54, 1.807) is 7.11 Å². The van der Waals surface area contributed by atoms with Crippen LogP contribution in [-0.2, 0) is 6.42 Å². The number of methoxy groups -OCH3 is 1. The quantitative estimate of drug-likeness (QED) is 0.835. The van der Waals surface area contributed by atoms with Crippen LogP contribution in [0.15, 0.2) is 24.3 Å². The molecule has 1 saturated heterocycles. The fourth-order valence-corrected chi connectivity index (χ4v) is 3.38. The van der Waals surface area contributed by atoms with Gasteiger partial charge in [0.05, 0.1) is 7.11 Å². The molecule has 3 nitrogen and oxygen atoms in total. The molecule has 1 aliphatic heterocycles. The lowest BCUT2D eigenvalue weighted by atomic mass is 10.0. The SMILES string of the molecule is CCN(C(C)CCc1ccc(OC)cc1)C1CCCNC1. The normalized spacial score (nSPS) is 20.5. The van der Waals surface area contributed by atoms with Gasteiger partial charge in [0.2, 0.25) is 0 Å². The van der Waals surface area contributed by atoms with Crippen molar-refractivity contribution in [2.75, 3.05) is 26.7 Å². The van der Waals surface area contributed by atoms with Gasteiger partial charge in [-0.2, -0.15) is 0 Å². The maximum absolute atomic E-state index is 5.21. The summed E-state index contributed by atoms with van der Waals surface area (Å²) in [6.07, 6.45) is 5.01. The second-order valence-electron chi connectivity index (χ2n) is 6.07. The molecule has 0 bridgehead atoms. The minimum Gasteiger partial charge on any atom is -0.497 e. The summed E-state index contributed by atoms with van der Waals surface area (Å²) in [4.78, 5) is 2.68. The van der Waals surface area contributed by atoms with Crippen LogP contribution in [0.4, 0.5) is 0 Å². The number of hydrogen-bond donors (Lipinski definition) is 1. The van der Waals surface area contributed by atoms with Crippen molar-refractivity contribution in [3.63, 3.8) is 0 Å². The molecule has 2 rings (SSSR count). The zero-order valence-corrected chi connectivity index (χ0v) is 13.8. The number of hydrogen-bond acceptors (Lipinski definition) is 3. The van der Waals surface area contributed by atoms with E-state index in [1.807, 2.05) is 0 Å². The minimum atomic E-state index is 0.641. The molecule has 21 heavy (non-hydrogen) atoms. The van der Waals surface area contributed by atoms with Gasteiger partial charge in [0, 0.05) is 18.6 Å². The van der Waals surface area contributed by atoms with Crippen LogP contribution < -0.4 is 10.1 Å². The summed E-state index contributed by atoms with van der Waals surface area (Å²) in [5.74, 6) is 0.940. The van der Waals surface area contributed by atoms with Crippen LogP contribution in [0.3, 0.4) is 0 Å². The minimum absolute atomic E-state index is 0.641. The highest BCUT2D eigenvalue weighted by Crippen LogP contribution is 2.18. The van der Waals surface area contributed by atoms with Crippen LogP contribution >= 0.6 is 0 Å². The number of nitrogens with zero attached hydrogens (tertiary/aromatic N) is 1. The molecule has 0 amide bonds. The van der Waals surface area contributed by atoms with Crippen LogP contribution in [0, 0.1) is 0 Å². The van der Waals surface area contributed by atoms with Crippen molar-refractivity contribution < 1.29 is 4.74 Å². The first-order valence-electron chi connectivity index (χ1n) is 8.34. The number of benzene rings is 1. The lowest BCUT2D eigenvalue weighted by Gasteiger charge is -2.38. The highest BCUT2D eigenvalue weighted by Gasteiger charge is 2.23. The molecule has 3 heteroatoms. The summed E-state index contributed by atoms with van der Waals surface area (Å²) in [5.41, 5.74) is 1.40. The molecular formula is C18H30N2O. The largest absolute Gasteiger partial charge is 0.497 e. The summed E-state index contributed by atoms with van der Waals surface area (Å²) >= 11 is 0. The van der Waals surface area contributed by atoms with Crippen molar-refractivity contribution in [1.29, 1.82) is 0 Å². The summed E-state index contributed by atoms with van der Waals surface area (Å²) in [7, 11) is 1.72. The van der Waals surface area contributed by atoms with E-state index in [0.29, 0.717) is 6.04 Å². The number of likely N-dealkylation sites (N-methyl/N-ethyl adjacent to an activating group) is 1. The van der Waals surface area contributed by atoms with E-state index in [1.165, 1.54) is 31.4 Å². The van der Waals surface area contributed by atoms with Crippen molar-refractivity contribution in [2.45, 2.75) is 51.6 Å². The number of aryl methyl sites for hydroxylation is 1. The van der Waals surface area contributed by atoms with Crippen LogP contribution in [0.25, 0.3) is 0 Å². The van der Waals surface area contributed by atoms with E-state index < -0.39 is 0 Å². The first-order chi connectivity index (χ1) is 10.2. The molecule has 0 spiro atoms. The average Bonchev–Trinajstić information content (AvgIpc) is 2.55. The Hall–Kier alpha value is -1.06. The highest BCUT2D eigenvalue weighted by atomic mass is 16.5. The monoisotopic (exact) mass is 290 g/mol. The van der Waals surface area contributed by atoms with Gasteiger partial charge in [-0.3, -0.25) is 4.90 Å². The highest BCUT2D eigenvalue weighted by molar-refractivity contribution is 5.27. The van der Waals surface area contributed by atoms with E-state index in [9.17, 15) is 0 Å². The number of rotatable bonds is 7. The maximum Gasteiger partial charge on any atom is 0.118 e. The molecule has 1 aliphatic rings. The molecule has 0 aromatic heterocycles. The average molecular weight is 290 g/mol. The lowest BCUT2D eigenvalue weighted by Crippen LogP contribution is -2.49. The third kappa shape index (κ3) is 4.72. The van der Waals surface area contributed by atoms with E-state index >= 15 is 0 Å². The van der Waals surface area contributed by atoms with E-state index in [-0.39, 0.29) is 0 Å². The molecule has 1 aromatic rings. The third-order valence-electron chi connectivity index (χ3n) is 4.68. The Morgan fingerprint density at radius 2 is 2.10 bits per heavy atom. The van der Waals surface area contributed by atoms with Gasteiger partial charge in [-0.05, 0) is 63.4 Å². The Labute approximate surface area is 129 Å². The van der Waals surface area contributed by atoms with Gasteiger partial charge in [-0.15, -0.1) is 0 Å². The topological polar surface area (TPSA) is 24.5 Å². The molecule has 0 saturated carbocycles. The van der Waals surface area contributed by atoms with Crippen molar-refractivity contribution >= 4 is 0 Å². The predicted octanol–water partition coefficient (Wildman–Crippen LogP) is 3.09. The van der Waals surface area contributed by atoms with Crippen LogP contribution in [-0.4, -0.2) is 43.7 Å². The van der Waals surface area contributed by atoms with E-state index in [4.69, 9.17) is 4.74 Å². The first-order valence-corrected chi connectivity index (χ1v) is 8.34. The Balaban J connectivity index is 1.84. The van der Waals surface area contributed by atoms with Crippen LogP contribution in [0.5, 0.6) is 5.75 Å². The molecule has 2 atom stereocenters. The zero-order valence-electron chi connectivity index (χ0n) is 13.8. The van der Waals surface area contributed by atoms with E-state index in [0.717, 1.165) is 31.3 Å². The van der Waals surface area contributed by atoms with Gasteiger partial charge in [-0.25, -0.2) is 0 Å². The fourth-order valence-electron chi connectivity index (χ4n) is 3.38. The van der Waals surface area contributed by atoms with Gasteiger partial charge < -0.3 is 10.1 Å². The van der Waals surface area contributed by atoms with Crippen molar-refractivity contribution in [2.24, 2.45) is 0 Å². The first kappa shape index (κ1) is 16.3. The maximum atomic E-state index is 5.21. The molecule has 0 radical (unpaired) electrons. The van der Waals surface area contributed by atoms with Gasteiger partial charge >= 0.3 is 0 Å². The Morgan fingerprint density at radius 3 is 2.67 bits per heavy atom. The summed E-state index contributed by atoms with van der Waals surface area (Å²) in [5, 5.41) is 3.54. The van der Waals surface area contributed by atoms with Crippen LogP contribution in [0.2, 0.25) is 0 Å². The van der Waals surface area contributed by atoms with E-state index in [2.05, 4.69) is 48.3 Å². The van der Waals surface area contributed by atoms with Crippen LogP contribution in [0.1, 0.15) is 38.7 Å². The standard InChI is InChI=1S/C18H30N2O/c1-4-20(17-6-5-13-19-14-17)15(2)7-8-16-9-11-18(21-3)12-10-16/h9-12,15,17,19H,4-8,13-14H2,1-3H3. The number of nitrogens with one attached hydrogen (secondary N) is 1. The molecule has 0 aliphatic carbocycles. The number of ether oxygens (including phenoxy) is 1. The van der Waals surface area contributed by atoms with Gasteiger partial charge in [-0.1, -0.05) is 19.1 Å². The van der Waals surface area contributed by atoms with Crippen molar-refractivity contribution in [3.05, 3.63) is 29.8 Å². The Morgan fingerprint density at radius 1 is 1.33 bits per heavy atom. The summed E-state index contributed by atoms with van der Waals surface area (Å²) in [6, 6.07) is 9.84. The fraction of sp³-hybridized carbons (Fsp3) is 0.667. The zero-order chi connectivity index (χ0) is 15.1. The molecule has 1 heterocycles. The Bertz CT molecular complexity index is 398. The molecule has 1 fully saturated rings. The van der Waals surface area contributed by atoms with Gasteiger partial charge in [0.25, 0.3) is 0 Å². The molecule has 2 unspecified atom stereocenters. The second kappa shape index (κ2) is 8.40. The second-order valence-corrected chi connectivity index (χ2v) is 6.07. The molecular weight excluding hydrogens is 260 g/mol. The lowest BCUT2D eigenvalue weighted by molar-refractivity contribution is 0.122.